The van der Waals surface area contributed by atoms with Crippen LogP contribution in [0.15, 0.2) is 34.9 Å². The van der Waals surface area contributed by atoms with Gasteiger partial charge in [0.2, 0.25) is 0 Å². The highest BCUT2D eigenvalue weighted by molar-refractivity contribution is 5.97. The van der Waals surface area contributed by atoms with E-state index in [1.54, 1.807) is 37.3 Å². The first kappa shape index (κ1) is 24.9. The maximum atomic E-state index is 12.5. The van der Waals surface area contributed by atoms with E-state index in [1.807, 2.05) is 6.92 Å². The summed E-state index contributed by atoms with van der Waals surface area (Å²) in [5, 5.41) is 8.79. The Morgan fingerprint density at radius 3 is 2.44 bits per heavy atom. The summed E-state index contributed by atoms with van der Waals surface area (Å²) in [7, 11) is 0. The van der Waals surface area contributed by atoms with Gasteiger partial charge in [-0.25, -0.2) is 0 Å². The summed E-state index contributed by atoms with van der Waals surface area (Å²) < 4.78 is 15.8. The Morgan fingerprint density at radius 2 is 1.81 bits per heavy atom. The van der Waals surface area contributed by atoms with E-state index in [1.165, 1.54) is 0 Å². The molecule has 1 aromatic heterocycles. The molecule has 2 amide bonds. The third-order valence-corrected chi connectivity index (χ3v) is 4.54. The summed E-state index contributed by atoms with van der Waals surface area (Å²) in [6.45, 7) is 6.02. The van der Waals surface area contributed by atoms with E-state index in [4.69, 9.17) is 14.0 Å². The lowest BCUT2D eigenvalue weighted by Gasteiger charge is -2.17. The zero-order chi connectivity index (χ0) is 23.3. The zero-order valence-corrected chi connectivity index (χ0v) is 18.8. The van der Waals surface area contributed by atoms with Crippen LogP contribution in [0.5, 0.6) is 5.75 Å². The van der Waals surface area contributed by atoms with E-state index in [0.717, 1.165) is 19.3 Å². The highest BCUT2D eigenvalue weighted by Gasteiger charge is 2.24. The molecule has 0 radical (unpaired) electrons. The number of ether oxygens (including phenoxy) is 2. The fourth-order valence-electron chi connectivity index (χ4n) is 2.76. The number of nitrogens with zero attached hydrogens (tertiary/aromatic N) is 1. The molecule has 0 aliphatic heterocycles. The molecule has 2 N–H and O–H groups in total. The summed E-state index contributed by atoms with van der Waals surface area (Å²) in [4.78, 5) is 37.0. The lowest BCUT2D eigenvalue weighted by molar-refractivity contribution is -0.153. The van der Waals surface area contributed by atoms with Crippen molar-refractivity contribution in [1.82, 2.24) is 10.5 Å². The lowest BCUT2D eigenvalue weighted by atomic mass is 10.1. The maximum absolute atomic E-state index is 12.5. The zero-order valence-electron chi connectivity index (χ0n) is 18.8. The minimum Gasteiger partial charge on any atom is -0.494 e. The van der Waals surface area contributed by atoms with Gasteiger partial charge in [-0.3, -0.25) is 14.4 Å². The monoisotopic (exact) mass is 445 g/mol. The topological polar surface area (TPSA) is 120 Å². The summed E-state index contributed by atoms with van der Waals surface area (Å²) >= 11 is 0. The fraction of sp³-hybridized carbons (Fsp3) is 0.478. The Kier molecular flexibility index (Phi) is 10.2. The Labute approximate surface area is 187 Å². The molecule has 2 rings (SSSR count). The molecule has 0 spiro atoms. The molecule has 32 heavy (non-hydrogen) atoms. The van der Waals surface area contributed by atoms with Gasteiger partial charge in [-0.1, -0.05) is 31.8 Å². The van der Waals surface area contributed by atoms with Gasteiger partial charge in [-0.05, 0) is 50.5 Å². The number of benzene rings is 1. The number of nitrogens with one attached hydrogen (secondary N) is 2. The van der Waals surface area contributed by atoms with Gasteiger partial charge < -0.3 is 24.6 Å². The summed E-state index contributed by atoms with van der Waals surface area (Å²) in [5.41, 5.74) is 0.391. The van der Waals surface area contributed by atoms with Crippen LogP contribution in [0.4, 0.5) is 5.82 Å². The minimum atomic E-state index is -0.990. The van der Waals surface area contributed by atoms with Crippen molar-refractivity contribution in [1.29, 1.82) is 0 Å². The van der Waals surface area contributed by atoms with Crippen LogP contribution >= 0.6 is 0 Å². The van der Waals surface area contributed by atoms with Crippen molar-refractivity contribution >= 4 is 23.6 Å². The van der Waals surface area contributed by atoms with Crippen LogP contribution in [0.25, 0.3) is 0 Å². The van der Waals surface area contributed by atoms with Crippen LogP contribution in [0, 0.1) is 6.92 Å². The minimum absolute atomic E-state index is 0.250. The number of hydrogen-bond acceptors (Lipinski definition) is 7. The highest BCUT2D eigenvalue weighted by Crippen LogP contribution is 2.13. The molecule has 1 unspecified atom stereocenters. The van der Waals surface area contributed by atoms with Gasteiger partial charge in [-0.2, -0.15) is 0 Å². The maximum Gasteiger partial charge on any atom is 0.326 e. The molecule has 1 atom stereocenters. The average molecular weight is 446 g/mol. The quantitative estimate of drug-likeness (QED) is 0.357. The molecule has 0 saturated carbocycles. The number of esters is 1. The number of amides is 2. The second kappa shape index (κ2) is 13.1. The Balaban J connectivity index is 1.84. The van der Waals surface area contributed by atoms with Gasteiger partial charge >= 0.3 is 5.97 Å². The van der Waals surface area contributed by atoms with Gasteiger partial charge in [0.15, 0.2) is 11.9 Å². The van der Waals surface area contributed by atoms with Crippen molar-refractivity contribution in [3.05, 3.63) is 41.7 Å². The third-order valence-electron chi connectivity index (χ3n) is 4.54. The van der Waals surface area contributed by atoms with Crippen LogP contribution in [0.2, 0.25) is 0 Å². The number of rotatable bonds is 13. The number of anilines is 1. The SMILES string of the molecule is CCCCOc1ccc(C(=O)NCC(=O)OC(CCCC)C(=O)Nc2cc(C)on2)cc1. The largest absolute Gasteiger partial charge is 0.494 e. The predicted octanol–water partition coefficient (Wildman–Crippen LogP) is 3.63. The smallest absolute Gasteiger partial charge is 0.326 e. The number of aromatic nitrogens is 1. The second-order valence-corrected chi connectivity index (χ2v) is 7.34. The molecule has 174 valence electrons. The molecule has 0 fully saturated rings. The Morgan fingerprint density at radius 1 is 1.09 bits per heavy atom. The van der Waals surface area contributed by atoms with Crippen molar-refractivity contribution in [2.75, 3.05) is 18.5 Å². The fourth-order valence-corrected chi connectivity index (χ4v) is 2.76. The van der Waals surface area contributed by atoms with Crippen LogP contribution in [-0.2, 0) is 14.3 Å². The summed E-state index contributed by atoms with van der Waals surface area (Å²) in [5.74, 6) is -0.141. The second-order valence-electron chi connectivity index (χ2n) is 7.34. The number of carbonyl (C=O) groups is 3. The molecule has 0 aliphatic carbocycles. The average Bonchev–Trinajstić information content (AvgIpc) is 3.19. The van der Waals surface area contributed by atoms with Crippen molar-refractivity contribution in [3.63, 3.8) is 0 Å². The number of hydrogen-bond donors (Lipinski definition) is 2. The molecule has 0 aliphatic rings. The first-order valence-electron chi connectivity index (χ1n) is 10.9. The van der Waals surface area contributed by atoms with Crippen molar-refractivity contribution in [2.24, 2.45) is 0 Å². The van der Waals surface area contributed by atoms with E-state index >= 15 is 0 Å². The first-order chi connectivity index (χ1) is 15.4. The third kappa shape index (κ3) is 8.41. The van der Waals surface area contributed by atoms with Gasteiger partial charge in [0.25, 0.3) is 11.8 Å². The molecule has 0 bridgehead atoms. The van der Waals surface area contributed by atoms with Crippen LogP contribution in [-0.4, -0.2) is 42.2 Å². The molecular weight excluding hydrogens is 414 g/mol. The molecular formula is C23H31N3O6. The molecule has 2 aromatic rings. The van der Waals surface area contributed by atoms with E-state index < -0.39 is 23.9 Å². The molecule has 9 nitrogen and oxygen atoms in total. The van der Waals surface area contributed by atoms with Gasteiger partial charge in [0.1, 0.15) is 18.1 Å². The van der Waals surface area contributed by atoms with Crippen molar-refractivity contribution in [3.8, 4) is 5.75 Å². The van der Waals surface area contributed by atoms with E-state index in [0.29, 0.717) is 36.5 Å². The van der Waals surface area contributed by atoms with E-state index in [2.05, 4.69) is 22.7 Å². The first-order valence-corrected chi connectivity index (χ1v) is 10.9. The van der Waals surface area contributed by atoms with Gasteiger partial charge in [-0.15, -0.1) is 0 Å². The Bertz CT molecular complexity index is 878. The number of carbonyl (C=O) groups excluding carboxylic acids is 3. The summed E-state index contributed by atoms with van der Waals surface area (Å²) in [6.07, 6.45) is 2.90. The molecule has 1 aromatic carbocycles. The van der Waals surface area contributed by atoms with Gasteiger partial charge in [0, 0.05) is 11.6 Å². The lowest BCUT2D eigenvalue weighted by Crippen LogP contribution is -2.37. The standard InChI is InChI=1S/C23H31N3O6/c1-4-6-8-19(23(29)25-20-14-16(3)32-26-20)31-21(27)15-24-22(28)17-9-11-18(12-10-17)30-13-7-5-2/h9-12,14,19H,4-8,13,15H2,1-3H3,(H,24,28)(H,25,26,29). The van der Waals surface area contributed by atoms with Gasteiger partial charge in [0.05, 0.1) is 6.61 Å². The molecule has 1 heterocycles. The Hall–Kier alpha value is -3.36. The van der Waals surface area contributed by atoms with E-state index in [9.17, 15) is 14.4 Å². The molecule has 0 saturated heterocycles. The predicted molar refractivity (Wildman–Crippen MR) is 118 cm³/mol. The van der Waals surface area contributed by atoms with Crippen LogP contribution < -0.4 is 15.4 Å². The highest BCUT2D eigenvalue weighted by atomic mass is 16.5. The van der Waals surface area contributed by atoms with Crippen molar-refractivity contribution in [2.45, 2.75) is 59.0 Å². The van der Waals surface area contributed by atoms with Crippen LogP contribution in [0.1, 0.15) is 62.1 Å². The number of unbranched alkanes of at least 4 members (excludes halogenated alkanes) is 2. The number of aryl methyl sites for hydroxylation is 1. The normalized spacial score (nSPS) is 11.5. The van der Waals surface area contributed by atoms with Crippen molar-refractivity contribution < 1.29 is 28.4 Å². The summed E-state index contributed by atoms with van der Waals surface area (Å²) in [6, 6.07) is 8.23. The molecule has 9 heteroatoms. The van der Waals surface area contributed by atoms with E-state index in [-0.39, 0.29) is 12.4 Å². The van der Waals surface area contributed by atoms with Crippen LogP contribution in [0.3, 0.4) is 0 Å².